The Balaban J connectivity index is 0.00000147. The monoisotopic (exact) mass is 297 g/mol. The molecule has 0 amide bonds. The number of nitrogens with two attached hydrogens (primary N) is 1. The van der Waals surface area contributed by atoms with Crippen molar-refractivity contribution in [2.24, 2.45) is 0 Å². The Labute approximate surface area is 122 Å². The van der Waals surface area contributed by atoms with Gasteiger partial charge >= 0.3 is 0 Å². The standard InChI is InChI=1S/C11H15N7O.ClH/c1-18-5-4-13-6-7(18)10-16-11(19-17-10)8-9(12)15-3-2-14-8;/h2-3,7,13H,4-6H2,1H3,(H2,12,15);1H. The predicted molar refractivity (Wildman–Crippen MR) is 75.2 cm³/mol. The molecule has 2 aromatic heterocycles. The van der Waals surface area contributed by atoms with E-state index < -0.39 is 0 Å². The van der Waals surface area contributed by atoms with Crippen LogP contribution in [0.15, 0.2) is 16.9 Å². The second-order valence-electron chi connectivity index (χ2n) is 4.45. The summed E-state index contributed by atoms with van der Waals surface area (Å²) in [5.41, 5.74) is 6.17. The maximum atomic E-state index is 5.74. The highest BCUT2D eigenvalue weighted by atomic mass is 35.5. The topological polar surface area (TPSA) is 106 Å². The van der Waals surface area contributed by atoms with E-state index in [0.29, 0.717) is 17.4 Å². The van der Waals surface area contributed by atoms with Crippen molar-refractivity contribution in [3.63, 3.8) is 0 Å². The molecule has 1 unspecified atom stereocenters. The van der Waals surface area contributed by atoms with Crippen molar-refractivity contribution in [1.82, 2.24) is 30.3 Å². The van der Waals surface area contributed by atoms with E-state index in [1.54, 1.807) is 6.20 Å². The number of anilines is 1. The van der Waals surface area contributed by atoms with Crippen molar-refractivity contribution in [1.29, 1.82) is 0 Å². The van der Waals surface area contributed by atoms with Crippen molar-refractivity contribution in [2.45, 2.75) is 6.04 Å². The summed E-state index contributed by atoms with van der Waals surface area (Å²) in [6.07, 6.45) is 3.07. The molecular weight excluding hydrogens is 282 g/mol. The molecule has 2 aromatic rings. The highest BCUT2D eigenvalue weighted by Gasteiger charge is 2.26. The number of likely N-dealkylation sites (N-methyl/N-ethyl adjacent to an activating group) is 1. The maximum Gasteiger partial charge on any atom is 0.280 e. The van der Waals surface area contributed by atoms with E-state index in [0.717, 1.165) is 19.6 Å². The van der Waals surface area contributed by atoms with Gasteiger partial charge in [0, 0.05) is 32.0 Å². The Morgan fingerprint density at radius 3 is 2.95 bits per heavy atom. The summed E-state index contributed by atoms with van der Waals surface area (Å²) in [6.45, 7) is 2.71. The molecule has 0 radical (unpaired) electrons. The Hall–Kier alpha value is -1.77. The van der Waals surface area contributed by atoms with Gasteiger partial charge in [0.1, 0.15) is 0 Å². The lowest BCUT2D eigenvalue weighted by atomic mass is 10.2. The molecule has 1 aliphatic rings. The lowest BCUT2D eigenvalue weighted by Crippen LogP contribution is -2.44. The average Bonchev–Trinajstić information content (AvgIpc) is 2.89. The van der Waals surface area contributed by atoms with Crippen LogP contribution in [0.5, 0.6) is 0 Å². The van der Waals surface area contributed by atoms with E-state index in [1.165, 1.54) is 6.20 Å². The van der Waals surface area contributed by atoms with Crippen LogP contribution in [0, 0.1) is 0 Å². The van der Waals surface area contributed by atoms with E-state index in [9.17, 15) is 0 Å². The molecule has 1 atom stereocenters. The molecule has 3 rings (SSSR count). The molecule has 108 valence electrons. The molecule has 0 saturated carbocycles. The van der Waals surface area contributed by atoms with Crippen LogP contribution in [-0.4, -0.2) is 51.7 Å². The Morgan fingerprint density at radius 2 is 2.20 bits per heavy atom. The first-order valence-electron chi connectivity index (χ1n) is 6.07. The summed E-state index contributed by atoms with van der Waals surface area (Å²) in [4.78, 5) is 14.6. The van der Waals surface area contributed by atoms with Crippen LogP contribution in [0.4, 0.5) is 5.82 Å². The summed E-state index contributed by atoms with van der Waals surface area (Å²) < 4.78 is 5.24. The normalized spacial score (nSPS) is 19.6. The van der Waals surface area contributed by atoms with Crippen LogP contribution in [0.1, 0.15) is 11.9 Å². The molecule has 8 nitrogen and oxygen atoms in total. The van der Waals surface area contributed by atoms with E-state index in [4.69, 9.17) is 10.3 Å². The van der Waals surface area contributed by atoms with Crippen molar-refractivity contribution in [3.8, 4) is 11.6 Å². The third kappa shape index (κ3) is 2.72. The molecule has 3 heterocycles. The number of rotatable bonds is 2. The van der Waals surface area contributed by atoms with E-state index in [-0.39, 0.29) is 24.3 Å². The molecule has 9 heteroatoms. The molecule has 1 fully saturated rings. The molecule has 0 spiro atoms. The summed E-state index contributed by atoms with van der Waals surface area (Å²) in [5.74, 6) is 1.22. The first kappa shape index (κ1) is 14.6. The second-order valence-corrected chi connectivity index (χ2v) is 4.45. The minimum atomic E-state index is 0. The largest absolute Gasteiger partial charge is 0.382 e. The number of nitrogen functional groups attached to an aromatic ring is 1. The van der Waals surface area contributed by atoms with E-state index >= 15 is 0 Å². The van der Waals surface area contributed by atoms with Gasteiger partial charge in [-0.15, -0.1) is 12.4 Å². The summed E-state index contributed by atoms with van der Waals surface area (Å²) in [5, 5.41) is 7.32. The van der Waals surface area contributed by atoms with Gasteiger partial charge in [0.15, 0.2) is 17.3 Å². The van der Waals surface area contributed by atoms with Crippen LogP contribution in [0.3, 0.4) is 0 Å². The molecule has 0 bridgehead atoms. The zero-order chi connectivity index (χ0) is 13.2. The van der Waals surface area contributed by atoms with Gasteiger partial charge in [-0.05, 0) is 7.05 Å². The zero-order valence-electron chi connectivity index (χ0n) is 11.0. The number of hydrogen-bond donors (Lipinski definition) is 2. The van der Waals surface area contributed by atoms with Gasteiger partial charge < -0.3 is 15.6 Å². The highest BCUT2D eigenvalue weighted by molar-refractivity contribution is 5.85. The number of nitrogens with zero attached hydrogens (tertiary/aromatic N) is 5. The summed E-state index contributed by atoms with van der Waals surface area (Å²) in [7, 11) is 2.04. The SMILES string of the molecule is CN1CCNCC1c1noc(-c2nccnc2N)n1.Cl. The van der Waals surface area contributed by atoms with Gasteiger partial charge in [0.25, 0.3) is 5.89 Å². The zero-order valence-corrected chi connectivity index (χ0v) is 11.8. The fourth-order valence-corrected chi connectivity index (χ4v) is 2.07. The molecule has 3 N–H and O–H groups in total. The molecule has 20 heavy (non-hydrogen) atoms. The Kier molecular flexibility index (Phi) is 4.48. The van der Waals surface area contributed by atoms with Gasteiger partial charge in [-0.1, -0.05) is 5.16 Å². The fraction of sp³-hybridized carbons (Fsp3) is 0.455. The minimum Gasteiger partial charge on any atom is -0.382 e. The minimum absolute atomic E-state index is 0. The van der Waals surface area contributed by atoms with Gasteiger partial charge in [0.05, 0.1) is 6.04 Å². The molecular formula is C11H16ClN7O. The molecule has 1 saturated heterocycles. The molecule has 1 aliphatic heterocycles. The number of hydrogen-bond acceptors (Lipinski definition) is 8. The quantitative estimate of drug-likeness (QED) is 0.804. The number of piperazine rings is 1. The maximum absolute atomic E-state index is 5.74. The summed E-state index contributed by atoms with van der Waals surface area (Å²) in [6, 6.07) is 0.101. The van der Waals surface area contributed by atoms with Gasteiger partial charge in [0.2, 0.25) is 0 Å². The number of aromatic nitrogens is 4. The lowest BCUT2D eigenvalue weighted by molar-refractivity contribution is 0.190. The van der Waals surface area contributed by atoms with Gasteiger partial charge in [-0.3, -0.25) is 4.90 Å². The smallest absolute Gasteiger partial charge is 0.280 e. The number of nitrogens with one attached hydrogen (secondary N) is 1. The lowest BCUT2D eigenvalue weighted by Gasteiger charge is -2.30. The van der Waals surface area contributed by atoms with Crippen LogP contribution >= 0.6 is 12.4 Å². The predicted octanol–water partition coefficient (Wildman–Crippen LogP) is 0.107. The van der Waals surface area contributed by atoms with Gasteiger partial charge in [-0.2, -0.15) is 4.98 Å². The Bertz CT molecular complexity index is 575. The third-order valence-corrected chi connectivity index (χ3v) is 3.18. The van der Waals surface area contributed by atoms with E-state index in [1.807, 2.05) is 7.05 Å². The molecule has 0 aromatic carbocycles. The third-order valence-electron chi connectivity index (χ3n) is 3.18. The second kappa shape index (κ2) is 6.12. The first-order valence-corrected chi connectivity index (χ1v) is 6.07. The summed E-state index contributed by atoms with van der Waals surface area (Å²) >= 11 is 0. The van der Waals surface area contributed by atoms with Crippen LogP contribution in [-0.2, 0) is 0 Å². The highest BCUT2D eigenvalue weighted by Crippen LogP contribution is 2.23. The molecule has 0 aliphatic carbocycles. The fourth-order valence-electron chi connectivity index (χ4n) is 2.07. The Morgan fingerprint density at radius 1 is 1.40 bits per heavy atom. The van der Waals surface area contributed by atoms with Crippen LogP contribution in [0.25, 0.3) is 11.6 Å². The van der Waals surface area contributed by atoms with Crippen molar-refractivity contribution in [2.75, 3.05) is 32.4 Å². The van der Waals surface area contributed by atoms with Crippen molar-refractivity contribution in [3.05, 3.63) is 18.2 Å². The first-order chi connectivity index (χ1) is 9.25. The van der Waals surface area contributed by atoms with Gasteiger partial charge in [-0.25, -0.2) is 9.97 Å². The average molecular weight is 298 g/mol. The van der Waals surface area contributed by atoms with Crippen LogP contribution < -0.4 is 11.1 Å². The van der Waals surface area contributed by atoms with Crippen molar-refractivity contribution < 1.29 is 4.52 Å². The van der Waals surface area contributed by atoms with E-state index in [2.05, 4.69) is 30.3 Å². The van der Waals surface area contributed by atoms with Crippen molar-refractivity contribution >= 4 is 18.2 Å². The number of halogens is 1. The van der Waals surface area contributed by atoms with Crippen LogP contribution in [0.2, 0.25) is 0 Å².